The number of likely N-dealkylation sites (N-methyl/N-ethyl adjacent to an activating group) is 1. The molecule has 0 saturated carbocycles. The van der Waals surface area contributed by atoms with Gasteiger partial charge in [0, 0.05) is 15.9 Å². The van der Waals surface area contributed by atoms with E-state index in [0.717, 1.165) is 4.90 Å². The average Bonchev–Trinajstić information content (AvgIpc) is 2.46. The number of benzene rings is 1. The lowest BCUT2D eigenvalue weighted by Crippen LogP contribution is -3.15. The third kappa shape index (κ3) is 2.65. The van der Waals surface area contributed by atoms with Gasteiger partial charge < -0.3 is 9.64 Å². The molecule has 2 aliphatic rings. The van der Waals surface area contributed by atoms with Crippen molar-refractivity contribution in [1.29, 1.82) is 0 Å². The van der Waals surface area contributed by atoms with Crippen molar-refractivity contribution in [3.05, 3.63) is 62.4 Å². The molecule has 0 radical (unpaired) electrons. The molecule has 3 rings (SSSR count). The number of nitrogens with zero attached hydrogens (tertiary/aromatic N) is 2. The van der Waals surface area contributed by atoms with Crippen LogP contribution in [-0.2, 0) is 0 Å². The molecular weight excluding hydrogens is 302 g/mol. The van der Waals surface area contributed by atoms with Crippen LogP contribution in [0, 0.1) is 20.2 Å². The first kappa shape index (κ1) is 15.4. The van der Waals surface area contributed by atoms with Crippen molar-refractivity contribution in [2.24, 2.45) is 0 Å². The second-order valence-electron chi connectivity index (χ2n) is 6.53. The highest BCUT2D eigenvalue weighted by Gasteiger charge is 2.66. The van der Waals surface area contributed by atoms with E-state index in [9.17, 15) is 20.2 Å². The SMILES string of the molecule is C[NH+]1CC2([N+](=O)[O-])C=C(Oc3ccccc3)CC([N+](=O)[O-])(C1)C2. The van der Waals surface area contributed by atoms with Gasteiger partial charge >= 0.3 is 0 Å². The number of nitro groups is 2. The Balaban J connectivity index is 2.02. The van der Waals surface area contributed by atoms with E-state index in [0.29, 0.717) is 11.5 Å². The summed E-state index contributed by atoms with van der Waals surface area (Å²) in [7, 11) is 1.76. The summed E-state index contributed by atoms with van der Waals surface area (Å²) in [6, 6.07) is 8.83. The molecule has 1 N–H and O–H groups in total. The van der Waals surface area contributed by atoms with Gasteiger partial charge in [0.05, 0.1) is 13.5 Å². The number of likely N-dealkylation sites (tertiary alicyclic amines) is 1. The molecule has 1 saturated heterocycles. The summed E-state index contributed by atoms with van der Waals surface area (Å²) in [4.78, 5) is 23.4. The van der Waals surface area contributed by atoms with Crippen molar-refractivity contribution in [1.82, 2.24) is 0 Å². The van der Waals surface area contributed by atoms with E-state index in [-0.39, 0.29) is 30.9 Å². The maximum atomic E-state index is 11.7. The lowest BCUT2D eigenvalue weighted by atomic mass is 9.71. The van der Waals surface area contributed by atoms with E-state index in [2.05, 4.69) is 0 Å². The standard InChI is InChI=1S/C15H17N3O5/c1-16-10-14(17(19)20)7-13(23-12-5-3-2-4-6-12)8-15(9-14,11-16)18(21)22/h2-7H,8-11H2,1H3/p+1. The molecule has 1 aromatic carbocycles. The van der Waals surface area contributed by atoms with E-state index < -0.39 is 16.0 Å². The van der Waals surface area contributed by atoms with E-state index in [1.165, 1.54) is 6.08 Å². The largest absolute Gasteiger partial charge is 0.461 e. The van der Waals surface area contributed by atoms with Crippen molar-refractivity contribution >= 4 is 0 Å². The van der Waals surface area contributed by atoms with Crippen LogP contribution in [0.1, 0.15) is 12.8 Å². The van der Waals surface area contributed by atoms with E-state index >= 15 is 0 Å². The summed E-state index contributed by atoms with van der Waals surface area (Å²) in [6.07, 6.45) is 1.46. The van der Waals surface area contributed by atoms with Gasteiger partial charge in [0.25, 0.3) is 11.1 Å². The number of fused-ring (bicyclic) bond motifs is 2. The van der Waals surface area contributed by atoms with Crippen LogP contribution < -0.4 is 9.64 Å². The number of nitrogens with one attached hydrogen (secondary N) is 1. The van der Waals surface area contributed by atoms with Crippen LogP contribution in [0.5, 0.6) is 5.75 Å². The molecule has 0 aromatic heterocycles. The molecule has 122 valence electrons. The van der Waals surface area contributed by atoms with Gasteiger partial charge in [-0.1, -0.05) is 18.2 Å². The van der Waals surface area contributed by atoms with Crippen LogP contribution >= 0.6 is 0 Å². The number of quaternary nitrogens is 1. The normalized spacial score (nSPS) is 32.7. The molecule has 3 unspecified atom stereocenters. The van der Waals surface area contributed by atoms with Gasteiger partial charge in [-0.05, 0) is 12.1 Å². The van der Waals surface area contributed by atoms with Crippen molar-refractivity contribution in [3.8, 4) is 5.75 Å². The molecule has 8 heteroatoms. The molecule has 1 aliphatic heterocycles. The smallest absolute Gasteiger partial charge is 0.298 e. The first-order valence-electron chi connectivity index (χ1n) is 7.40. The molecule has 0 amide bonds. The van der Waals surface area contributed by atoms with Crippen LogP contribution in [-0.4, -0.2) is 41.1 Å². The van der Waals surface area contributed by atoms with Crippen LogP contribution in [0.15, 0.2) is 42.2 Å². The summed E-state index contributed by atoms with van der Waals surface area (Å²) >= 11 is 0. The van der Waals surface area contributed by atoms with Crippen molar-refractivity contribution in [2.75, 3.05) is 20.1 Å². The minimum Gasteiger partial charge on any atom is -0.461 e. The Labute approximate surface area is 132 Å². The zero-order valence-electron chi connectivity index (χ0n) is 12.7. The first-order chi connectivity index (χ1) is 10.9. The number of ether oxygens (including phenoxy) is 1. The Kier molecular flexibility index (Phi) is 3.56. The predicted octanol–water partition coefficient (Wildman–Crippen LogP) is 0.302. The van der Waals surface area contributed by atoms with Crippen LogP contribution in [0.3, 0.4) is 0 Å². The van der Waals surface area contributed by atoms with Gasteiger partial charge in [-0.25, -0.2) is 0 Å². The van der Waals surface area contributed by atoms with Crippen molar-refractivity contribution in [2.45, 2.75) is 23.9 Å². The predicted molar refractivity (Wildman–Crippen MR) is 80.5 cm³/mol. The van der Waals surface area contributed by atoms with Crippen LogP contribution in [0.4, 0.5) is 0 Å². The van der Waals surface area contributed by atoms with Crippen molar-refractivity contribution < 1.29 is 19.5 Å². The van der Waals surface area contributed by atoms with Gasteiger partial charge in [-0.3, -0.25) is 20.2 Å². The first-order valence-corrected chi connectivity index (χ1v) is 7.40. The number of hydrogen-bond donors (Lipinski definition) is 1. The lowest BCUT2D eigenvalue weighted by Gasteiger charge is -2.41. The zero-order chi connectivity index (χ0) is 16.7. The van der Waals surface area contributed by atoms with Gasteiger partial charge in [0.1, 0.15) is 24.5 Å². The summed E-state index contributed by atoms with van der Waals surface area (Å²) in [5.74, 6) is 0.833. The zero-order valence-corrected chi connectivity index (χ0v) is 12.7. The number of para-hydroxylation sites is 1. The monoisotopic (exact) mass is 320 g/mol. The summed E-state index contributed by atoms with van der Waals surface area (Å²) in [6.45, 7) is 0.475. The number of piperidine rings is 1. The van der Waals surface area contributed by atoms with Gasteiger partial charge in [0.2, 0.25) is 0 Å². The highest BCUT2D eigenvalue weighted by Crippen LogP contribution is 2.39. The molecule has 1 heterocycles. The maximum Gasteiger partial charge on any atom is 0.298 e. The average molecular weight is 320 g/mol. The molecule has 1 aromatic rings. The third-order valence-corrected chi connectivity index (χ3v) is 4.55. The fourth-order valence-corrected chi connectivity index (χ4v) is 3.82. The summed E-state index contributed by atoms with van der Waals surface area (Å²) in [5, 5.41) is 23.3. The van der Waals surface area contributed by atoms with Crippen molar-refractivity contribution in [3.63, 3.8) is 0 Å². The van der Waals surface area contributed by atoms with E-state index in [4.69, 9.17) is 4.74 Å². The number of rotatable bonds is 4. The van der Waals surface area contributed by atoms with Gasteiger partial charge in [-0.15, -0.1) is 0 Å². The highest BCUT2D eigenvalue weighted by atomic mass is 16.6. The molecule has 1 fully saturated rings. The second-order valence-corrected chi connectivity index (χ2v) is 6.53. The Bertz CT molecular complexity index is 677. The molecule has 3 atom stereocenters. The maximum absolute atomic E-state index is 11.7. The molecule has 1 aliphatic carbocycles. The minimum atomic E-state index is -1.45. The molecule has 2 bridgehead atoms. The Morgan fingerprint density at radius 3 is 2.43 bits per heavy atom. The minimum absolute atomic E-state index is 0.0713. The third-order valence-electron chi connectivity index (χ3n) is 4.55. The number of hydrogen-bond acceptors (Lipinski definition) is 5. The summed E-state index contributed by atoms with van der Waals surface area (Å²) in [5.41, 5.74) is -2.80. The van der Waals surface area contributed by atoms with E-state index in [1.54, 1.807) is 31.3 Å². The quantitative estimate of drug-likeness (QED) is 0.635. The molecular formula is C15H18N3O5+. The Morgan fingerprint density at radius 1 is 1.13 bits per heavy atom. The molecule has 23 heavy (non-hydrogen) atoms. The fraction of sp³-hybridized carbons (Fsp3) is 0.467. The Morgan fingerprint density at radius 2 is 1.83 bits per heavy atom. The molecule has 8 nitrogen and oxygen atoms in total. The second kappa shape index (κ2) is 5.31. The van der Waals surface area contributed by atoms with Crippen LogP contribution in [0.25, 0.3) is 0 Å². The Hall–Kier alpha value is -2.48. The van der Waals surface area contributed by atoms with E-state index in [1.807, 2.05) is 6.07 Å². The topological polar surface area (TPSA) is 100.0 Å². The molecule has 0 spiro atoms. The van der Waals surface area contributed by atoms with Gasteiger partial charge in [0.15, 0.2) is 6.54 Å². The van der Waals surface area contributed by atoms with Crippen LogP contribution in [0.2, 0.25) is 0 Å². The summed E-state index contributed by atoms with van der Waals surface area (Å²) < 4.78 is 5.72. The lowest BCUT2D eigenvalue weighted by molar-refractivity contribution is -0.926. The fourth-order valence-electron chi connectivity index (χ4n) is 3.82. The van der Waals surface area contributed by atoms with Gasteiger partial charge in [-0.2, -0.15) is 0 Å². The highest BCUT2D eigenvalue weighted by molar-refractivity contribution is 5.27.